The topological polar surface area (TPSA) is 33.7 Å². The maximum atomic E-state index is 6.00. The smallest absolute Gasteiger partial charge is 0.137 e. The molecule has 108 valence electrons. The van der Waals surface area contributed by atoms with Gasteiger partial charge in [-0.15, -0.1) is 0 Å². The predicted molar refractivity (Wildman–Crippen MR) is 80.8 cm³/mol. The summed E-state index contributed by atoms with van der Waals surface area (Å²) in [5.74, 6) is 2.17. The Bertz CT molecular complexity index is 526. The molecule has 1 fully saturated rings. The summed E-state index contributed by atoms with van der Waals surface area (Å²) in [6.45, 7) is 4.69. The summed E-state index contributed by atoms with van der Waals surface area (Å²) >= 11 is 3.72. The first kappa shape index (κ1) is 12.9. The molecule has 0 radical (unpaired) electrons. The van der Waals surface area contributed by atoms with Gasteiger partial charge in [0, 0.05) is 49.2 Å². The third kappa shape index (κ3) is 1.80. The normalized spacial score (nSPS) is 25.0. The number of fused-ring (bicyclic) bond motifs is 2. The summed E-state index contributed by atoms with van der Waals surface area (Å²) in [6, 6.07) is 0.388. The van der Waals surface area contributed by atoms with Crippen LogP contribution in [0.15, 0.2) is 4.47 Å². The molecule has 0 saturated carbocycles. The molecule has 4 nitrogen and oxygen atoms in total. The second-order valence-electron chi connectivity index (χ2n) is 5.74. The highest BCUT2D eigenvalue weighted by atomic mass is 79.9. The molecule has 3 heterocycles. The van der Waals surface area contributed by atoms with Gasteiger partial charge in [0.05, 0.1) is 23.7 Å². The van der Waals surface area contributed by atoms with Crippen LogP contribution in [-0.2, 0) is 12.8 Å². The highest BCUT2D eigenvalue weighted by Crippen LogP contribution is 2.49. The first-order chi connectivity index (χ1) is 9.77. The van der Waals surface area contributed by atoms with Gasteiger partial charge in [-0.25, -0.2) is 0 Å². The van der Waals surface area contributed by atoms with Crippen LogP contribution in [0.2, 0.25) is 0 Å². The number of nitrogens with one attached hydrogen (secondary N) is 1. The van der Waals surface area contributed by atoms with Gasteiger partial charge in [-0.05, 0) is 23.0 Å². The lowest BCUT2D eigenvalue weighted by atomic mass is 9.92. The number of likely N-dealkylation sites (N-methyl/N-ethyl adjacent to an activating group) is 1. The number of hydrogen-bond acceptors (Lipinski definition) is 4. The van der Waals surface area contributed by atoms with Crippen molar-refractivity contribution in [2.24, 2.45) is 0 Å². The van der Waals surface area contributed by atoms with Crippen LogP contribution in [0.1, 0.15) is 22.7 Å². The molecule has 1 aromatic rings. The second kappa shape index (κ2) is 4.90. The molecule has 1 atom stereocenters. The van der Waals surface area contributed by atoms with Gasteiger partial charge in [-0.1, -0.05) is 0 Å². The Morgan fingerprint density at radius 3 is 2.70 bits per heavy atom. The Morgan fingerprint density at radius 1 is 1.15 bits per heavy atom. The molecule has 0 aliphatic carbocycles. The maximum absolute atomic E-state index is 6.00. The van der Waals surface area contributed by atoms with E-state index < -0.39 is 0 Å². The van der Waals surface area contributed by atoms with Crippen molar-refractivity contribution in [3.8, 4) is 11.5 Å². The molecular formula is C15H19BrN2O2. The summed E-state index contributed by atoms with van der Waals surface area (Å²) in [5, 5.41) is 3.51. The molecule has 20 heavy (non-hydrogen) atoms. The number of piperazine rings is 1. The van der Waals surface area contributed by atoms with Gasteiger partial charge >= 0.3 is 0 Å². The fourth-order valence-electron chi connectivity index (χ4n) is 3.57. The lowest BCUT2D eigenvalue weighted by Gasteiger charge is -2.35. The standard InChI is InChI=1S/C15H19BrN2O2/c1-18-5-4-17-8-11(18)12-9-2-6-20-15(9)13(16)10-3-7-19-14(10)12/h11,17H,2-8H2,1H3. The predicted octanol–water partition coefficient (Wildman–Crippen LogP) is 1.90. The number of benzene rings is 1. The minimum atomic E-state index is 0.388. The van der Waals surface area contributed by atoms with E-state index in [4.69, 9.17) is 9.47 Å². The molecule has 1 unspecified atom stereocenters. The molecule has 1 aromatic carbocycles. The third-order valence-corrected chi connectivity index (χ3v) is 5.46. The molecule has 3 aliphatic rings. The first-order valence-electron chi connectivity index (χ1n) is 7.31. The molecule has 0 aromatic heterocycles. The van der Waals surface area contributed by atoms with E-state index in [2.05, 4.69) is 33.2 Å². The van der Waals surface area contributed by atoms with Crippen molar-refractivity contribution < 1.29 is 9.47 Å². The Balaban J connectivity index is 1.90. The van der Waals surface area contributed by atoms with Crippen molar-refractivity contribution >= 4 is 15.9 Å². The number of halogens is 1. The van der Waals surface area contributed by atoms with Gasteiger partial charge in [0.1, 0.15) is 11.5 Å². The first-order valence-corrected chi connectivity index (χ1v) is 8.10. The quantitative estimate of drug-likeness (QED) is 0.847. The van der Waals surface area contributed by atoms with Crippen LogP contribution in [0.4, 0.5) is 0 Å². The van der Waals surface area contributed by atoms with Crippen molar-refractivity contribution in [2.75, 3.05) is 39.9 Å². The third-order valence-electron chi connectivity index (χ3n) is 4.62. The number of ether oxygens (including phenoxy) is 2. The van der Waals surface area contributed by atoms with Crippen LogP contribution in [0, 0.1) is 0 Å². The largest absolute Gasteiger partial charge is 0.493 e. The molecule has 0 spiro atoms. The molecule has 5 heteroatoms. The average molecular weight is 339 g/mol. The Kier molecular flexibility index (Phi) is 3.16. The Labute approximate surface area is 127 Å². The van der Waals surface area contributed by atoms with Gasteiger partial charge in [0.2, 0.25) is 0 Å². The SMILES string of the molecule is CN1CCNCC1c1c2c(c(Br)c3c1OCC3)OCC2. The molecule has 3 aliphatic heterocycles. The monoisotopic (exact) mass is 338 g/mol. The average Bonchev–Trinajstić information content (AvgIpc) is 3.10. The van der Waals surface area contributed by atoms with Crippen LogP contribution >= 0.6 is 15.9 Å². The van der Waals surface area contributed by atoms with E-state index in [0.29, 0.717) is 6.04 Å². The van der Waals surface area contributed by atoms with Crippen molar-refractivity contribution in [1.82, 2.24) is 10.2 Å². The van der Waals surface area contributed by atoms with E-state index in [9.17, 15) is 0 Å². The minimum absolute atomic E-state index is 0.388. The minimum Gasteiger partial charge on any atom is -0.493 e. The van der Waals surface area contributed by atoms with Crippen LogP contribution < -0.4 is 14.8 Å². The zero-order valence-corrected chi connectivity index (χ0v) is 13.3. The van der Waals surface area contributed by atoms with Gasteiger partial charge in [0.25, 0.3) is 0 Å². The van der Waals surface area contributed by atoms with Crippen LogP contribution in [0.5, 0.6) is 11.5 Å². The van der Waals surface area contributed by atoms with Crippen LogP contribution in [0.3, 0.4) is 0 Å². The number of nitrogens with zero attached hydrogens (tertiary/aromatic N) is 1. The highest BCUT2D eigenvalue weighted by molar-refractivity contribution is 9.10. The lowest BCUT2D eigenvalue weighted by molar-refractivity contribution is 0.197. The molecule has 4 rings (SSSR count). The van der Waals surface area contributed by atoms with Gasteiger partial charge in [0.15, 0.2) is 0 Å². The zero-order valence-electron chi connectivity index (χ0n) is 11.7. The lowest BCUT2D eigenvalue weighted by Crippen LogP contribution is -2.44. The fraction of sp³-hybridized carbons (Fsp3) is 0.600. The summed E-state index contributed by atoms with van der Waals surface area (Å²) in [4.78, 5) is 2.43. The molecule has 0 bridgehead atoms. The summed E-state index contributed by atoms with van der Waals surface area (Å²) in [5.41, 5.74) is 4.00. The maximum Gasteiger partial charge on any atom is 0.137 e. The van der Waals surface area contributed by atoms with Crippen LogP contribution in [0.25, 0.3) is 0 Å². The van der Waals surface area contributed by atoms with Crippen molar-refractivity contribution in [3.05, 3.63) is 21.2 Å². The van der Waals surface area contributed by atoms with Gasteiger partial charge in [-0.2, -0.15) is 0 Å². The summed E-state index contributed by atoms with van der Waals surface area (Å²) in [7, 11) is 2.21. The van der Waals surface area contributed by atoms with Crippen LogP contribution in [-0.4, -0.2) is 44.8 Å². The van der Waals surface area contributed by atoms with E-state index in [1.807, 2.05) is 0 Å². The summed E-state index contributed by atoms with van der Waals surface area (Å²) < 4.78 is 13.0. The molecule has 1 saturated heterocycles. The molecule has 1 N–H and O–H groups in total. The van der Waals surface area contributed by atoms with E-state index in [1.165, 1.54) is 16.7 Å². The Hall–Kier alpha value is -0.780. The van der Waals surface area contributed by atoms with Crippen molar-refractivity contribution in [2.45, 2.75) is 18.9 Å². The van der Waals surface area contributed by atoms with Crippen molar-refractivity contribution in [3.63, 3.8) is 0 Å². The van der Waals surface area contributed by atoms with E-state index in [0.717, 1.165) is 61.7 Å². The van der Waals surface area contributed by atoms with E-state index in [-0.39, 0.29) is 0 Å². The number of rotatable bonds is 1. The fourth-order valence-corrected chi connectivity index (χ4v) is 4.30. The van der Waals surface area contributed by atoms with E-state index in [1.54, 1.807) is 0 Å². The van der Waals surface area contributed by atoms with E-state index >= 15 is 0 Å². The van der Waals surface area contributed by atoms with Gasteiger partial charge in [-0.3, -0.25) is 4.90 Å². The number of hydrogen-bond donors (Lipinski definition) is 1. The zero-order chi connectivity index (χ0) is 13.7. The van der Waals surface area contributed by atoms with Crippen molar-refractivity contribution in [1.29, 1.82) is 0 Å². The Morgan fingerprint density at radius 2 is 1.90 bits per heavy atom. The second-order valence-corrected chi connectivity index (χ2v) is 6.53. The summed E-state index contributed by atoms with van der Waals surface area (Å²) in [6.07, 6.45) is 1.97. The molecular weight excluding hydrogens is 320 g/mol. The highest BCUT2D eigenvalue weighted by Gasteiger charge is 2.35. The van der Waals surface area contributed by atoms with Gasteiger partial charge < -0.3 is 14.8 Å². The molecule has 0 amide bonds.